The zero-order chi connectivity index (χ0) is 26.2. The van der Waals surface area contributed by atoms with Gasteiger partial charge in [-0.1, -0.05) is 71.3 Å². The molecule has 2 fully saturated rings. The summed E-state index contributed by atoms with van der Waals surface area (Å²) in [7, 11) is -8.02. The molecule has 0 amide bonds. The van der Waals surface area contributed by atoms with Crippen molar-refractivity contribution in [2.45, 2.75) is 39.6 Å². The van der Waals surface area contributed by atoms with Crippen molar-refractivity contribution >= 4 is 25.8 Å². The molecular formula is C31H27FO4S2. The van der Waals surface area contributed by atoms with Crippen molar-refractivity contribution in [3.63, 3.8) is 0 Å². The van der Waals surface area contributed by atoms with Crippen molar-refractivity contribution < 1.29 is 21.2 Å². The second kappa shape index (κ2) is 8.48. The van der Waals surface area contributed by atoms with E-state index in [9.17, 15) is 21.2 Å². The molecular weight excluding hydrogens is 519 g/mol. The monoisotopic (exact) mass is 546 g/mol. The fraction of sp³-hybridized carbons (Fsp3) is 0.290. The molecule has 0 spiro atoms. The molecule has 38 heavy (non-hydrogen) atoms. The molecule has 2 saturated carbocycles. The summed E-state index contributed by atoms with van der Waals surface area (Å²) in [6.07, 6.45) is 4.95. The van der Waals surface area contributed by atoms with Gasteiger partial charge in [-0.15, -0.1) is 0 Å². The fourth-order valence-electron chi connectivity index (χ4n) is 7.73. The van der Waals surface area contributed by atoms with E-state index in [2.05, 4.69) is 0 Å². The van der Waals surface area contributed by atoms with Crippen LogP contribution in [0.3, 0.4) is 0 Å². The first kappa shape index (κ1) is 24.0. The van der Waals surface area contributed by atoms with Gasteiger partial charge in [-0.2, -0.15) is 0 Å². The number of fused-ring (bicyclic) bond motifs is 8. The number of hydrogen-bond donors (Lipinski definition) is 0. The lowest BCUT2D eigenvalue weighted by Gasteiger charge is -2.35. The summed E-state index contributed by atoms with van der Waals surface area (Å²) in [5.74, 6) is -0.742. The first-order chi connectivity index (χ1) is 18.3. The molecule has 4 bridgehead atoms. The minimum Gasteiger partial charge on any atom is -0.223 e. The Morgan fingerprint density at radius 3 is 1.53 bits per heavy atom. The first-order valence-corrected chi connectivity index (χ1v) is 16.2. The Balaban J connectivity index is 1.49. The van der Waals surface area contributed by atoms with Gasteiger partial charge in [-0.25, -0.2) is 21.2 Å². The van der Waals surface area contributed by atoms with E-state index in [1.807, 2.05) is 6.08 Å². The fourth-order valence-corrected chi connectivity index (χ4v) is 12.7. The van der Waals surface area contributed by atoms with E-state index in [-0.39, 0.29) is 15.6 Å². The third-order valence-electron chi connectivity index (χ3n) is 9.08. The summed E-state index contributed by atoms with van der Waals surface area (Å²) in [4.78, 5) is 0.300. The van der Waals surface area contributed by atoms with E-state index in [0.29, 0.717) is 11.8 Å². The number of rotatable bonds is 5. The number of hydrogen-bond acceptors (Lipinski definition) is 4. The standard InChI is InChI=1S/C31H27FO4S2/c32-22-15-11-19(12-16-22)17-25-28-26-20-13-14-21(18-20)27(26)29(25)31(38(35,36)24-9-5-2-6-10-24)30(28)37(33,34)23-7-3-1-4-8-23/h1-12,15-17,20-21,28-31H,13-14,18H2/t20-,21-,28-,29-,30+,31+/m0/s1. The Bertz CT molecular complexity index is 1590. The van der Waals surface area contributed by atoms with E-state index in [1.165, 1.54) is 23.3 Å². The van der Waals surface area contributed by atoms with Gasteiger partial charge < -0.3 is 0 Å². The highest BCUT2D eigenvalue weighted by atomic mass is 32.2. The van der Waals surface area contributed by atoms with Gasteiger partial charge in [-0.05, 0) is 73.1 Å². The molecule has 0 aromatic heterocycles. The number of sulfone groups is 2. The summed E-state index contributed by atoms with van der Waals surface area (Å²) in [6, 6.07) is 22.6. The molecule has 0 radical (unpaired) electrons. The van der Waals surface area contributed by atoms with Gasteiger partial charge in [0.1, 0.15) is 5.82 Å². The summed E-state index contributed by atoms with van der Waals surface area (Å²) in [5, 5.41) is -2.24. The molecule has 7 heteroatoms. The van der Waals surface area contributed by atoms with Gasteiger partial charge in [0.15, 0.2) is 19.7 Å². The van der Waals surface area contributed by atoms with Crippen molar-refractivity contribution in [3.8, 4) is 0 Å². The molecule has 0 unspecified atom stereocenters. The lowest BCUT2D eigenvalue weighted by Crippen LogP contribution is -2.45. The molecule has 4 aliphatic carbocycles. The summed E-state index contributed by atoms with van der Waals surface area (Å²) >= 11 is 0. The van der Waals surface area contributed by atoms with Crippen molar-refractivity contribution in [3.05, 3.63) is 113 Å². The van der Waals surface area contributed by atoms with Crippen LogP contribution in [0.4, 0.5) is 4.39 Å². The Hall–Kier alpha value is -3.03. The van der Waals surface area contributed by atoms with E-state index in [0.717, 1.165) is 30.4 Å². The molecule has 4 aliphatic rings. The SMILES string of the molecule is O=S(=O)(c1ccccc1)[C@@H]1[C@H]2C(=Cc3ccc(F)cc3)[C@@H](C3=C2[C@H]2CC[C@H]3C2)[C@H]1S(=O)(=O)c1ccccc1. The molecule has 194 valence electrons. The maximum atomic E-state index is 14.4. The second-order valence-electron chi connectivity index (χ2n) is 10.9. The summed E-state index contributed by atoms with van der Waals surface area (Å²) < 4.78 is 71.2. The smallest absolute Gasteiger partial charge is 0.183 e. The third-order valence-corrected chi connectivity index (χ3v) is 13.7. The van der Waals surface area contributed by atoms with Crippen LogP contribution in [0.25, 0.3) is 6.08 Å². The van der Waals surface area contributed by atoms with Crippen molar-refractivity contribution in [1.29, 1.82) is 0 Å². The number of halogens is 1. The lowest BCUT2D eigenvalue weighted by molar-refractivity contribution is 0.494. The average Bonchev–Trinajstić information content (AvgIpc) is 3.70. The molecule has 4 nitrogen and oxygen atoms in total. The van der Waals surface area contributed by atoms with E-state index in [4.69, 9.17) is 0 Å². The van der Waals surface area contributed by atoms with Crippen LogP contribution >= 0.6 is 0 Å². The minimum absolute atomic E-state index is 0.150. The zero-order valence-corrected chi connectivity index (χ0v) is 22.2. The molecule has 7 rings (SSSR count). The Morgan fingerprint density at radius 1 is 0.632 bits per heavy atom. The van der Waals surface area contributed by atoms with Gasteiger partial charge in [0.25, 0.3) is 0 Å². The Kier molecular flexibility index (Phi) is 5.37. The number of allylic oxidation sites excluding steroid dienone is 3. The molecule has 0 saturated heterocycles. The van der Waals surface area contributed by atoms with Gasteiger partial charge in [-0.3, -0.25) is 0 Å². The van der Waals surface area contributed by atoms with Crippen LogP contribution in [-0.4, -0.2) is 27.3 Å². The van der Waals surface area contributed by atoms with Crippen molar-refractivity contribution in [2.75, 3.05) is 0 Å². The van der Waals surface area contributed by atoms with Gasteiger partial charge in [0, 0.05) is 11.8 Å². The van der Waals surface area contributed by atoms with Crippen LogP contribution < -0.4 is 0 Å². The van der Waals surface area contributed by atoms with E-state index in [1.54, 1.807) is 72.8 Å². The Morgan fingerprint density at radius 2 is 1.08 bits per heavy atom. The highest BCUT2D eigenvalue weighted by Crippen LogP contribution is 2.68. The lowest BCUT2D eigenvalue weighted by atomic mass is 9.82. The third kappa shape index (κ3) is 3.37. The van der Waals surface area contributed by atoms with Gasteiger partial charge in [0.05, 0.1) is 20.3 Å². The zero-order valence-electron chi connectivity index (χ0n) is 20.6. The van der Waals surface area contributed by atoms with Crippen LogP contribution in [0.15, 0.2) is 111 Å². The molecule has 6 atom stereocenters. The van der Waals surface area contributed by atoms with Crippen LogP contribution in [-0.2, 0) is 19.7 Å². The largest absolute Gasteiger partial charge is 0.223 e. The summed E-state index contributed by atoms with van der Waals surface area (Å²) in [6.45, 7) is 0. The average molecular weight is 547 g/mol. The molecule has 0 aliphatic heterocycles. The molecule has 3 aromatic carbocycles. The predicted octanol–water partition coefficient (Wildman–Crippen LogP) is 5.88. The van der Waals surface area contributed by atoms with Gasteiger partial charge >= 0.3 is 0 Å². The molecule has 0 N–H and O–H groups in total. The second-order valence-corrected chi connectivity index (χ2v) is 15.1. The topological polar surface area (TPSA) is 68.3 Å². The van der Waals surface area contributed by atoms with E-state index < -0.39 is 42.0 Å². The van der Waals surface area contributed by atoms with Crippen LogP contribution in [0.1, 0.15) is 24.8 Å². The van der Waals surface area contributed by atoms with Crippen molar-refractivity contribution in [1.82, 2.24) is 0 Å². The summed E-state index contributed by atoms with van der Waals surface area (Å²) in [5.41, 5.74) is 3.94. The van der Waals surface area contributed by atoms with E-state index >= 15 is 0 Å². The van der Waals surface area contributed by atoms with Crippen LogP contribution in [0.2, 0.25) is 0 Å². The normalized spacial score (nSPS) is 29.7. The quantitative estimate of drug-likeness (QED) is 0.296. The van der Waals surface area contributed by atoms with Crippen molar-refractivity contribution in [2.24, 2.45) is 23.7 Å². The highest BCUT2D eigenvalue weighted by molar-refractivity contribution is 7.96. The minimum atomic E-state index is -4.01. The number of benzene rings is 3. The van der Waals surface area contributed by atoms with Gasteiger partial charge in [0.2, 0.25) is 0 Å². The first-order valence-electron chi connectivity index (χ1n) is 13.1. The highest BCUT2D eigenvalue weighted by Gasteiger charge is 2.67. The maximum Gasteiger partial charge on any atom is 0.183 e. The van der Waals surface area contributed by atoms with Crippen LogP contribution in [0, 0.1) is 29.5 Å². The molecule has 3 aromatic rings. The van der Waals surface area contributed by atoms with Crippen LogP contribution in [0.5, 0.6) is 0 Å². The Labute approximate surface area is 222 Å². The predicted molar refractivity (Wildman–Crippen MR) is 144 cm³/mol. The molecule has 0 heterocycles. The maximum absolute atomic E-state index is 14.4.